The average Bonchev–Trinajstić information content (AvgIpc) is 3.02. The van der Waals surface area contributed by atoms with E-state index < -0.39 is 0 Å². The quantitative estimate of drug-likeness (QED) is 0.807. The van der Waals surface area contributed by atoms with Crippen LogP contribution in [0, 0.1) is 0 Å². The van der Waals surface area contributed by atoms with Crippen molar-refractivity contribution >= 4 is 11.3 Å². The van der Waals surface area contributed by atoms with Crippen LogP contribution in [-0.4, -0.2) is 32.1 Å². The molecule has 1 N–H and O–H groups in total. The molecule has 1 unspecified atom stereocenters. The molecule has 3 nitrogen and oxygen atoms in total. The van der Waals surface area contributed by atoms with E-state index >= 15 is 0 Å². The van der Waals surface area contributed by atoms with Gasteiger partial charge in [0.05, 0.1) is 0 Å². The first-order valence-electron chi connectivity index (χ1n) is 7.31. The average molecular weight is 304 g/mol. The summed E-state index contributed by atoms with van der Waals surface area (Å²) in [5, 5.41) is 5.30. The predicted molar refractivity (Wildman–Crippen MR) is 90.1 cm³/mol. The van der Waals surface area contributed by atoms with Crippen molar-refractivity contribution in [3.8, 4) is 5.75 Å². The standard InChI is InChI=1S/C17H24N2OS/c1-14(17-9-6-12-21-17)19(3)10-11-20-16-8-5-4-7-15(16)13-18-2/h4-9,12,14,18H,10-11,13H2,1-3H3. The number of rotatable bonds is 8. The molecular formula is C17H24N2OS. The van der Waals surface area contributed by atoms with Gasteiger partial charge in [-0.25, -0.2) is 0 Å². The van der Waals surface area contributed by atoms with Crippen LogP contribution in [0.15, 0.2) is 41.8 Å². The maximum Gasteiger partial charge on any atom is 0.123 e. The molecule has 1 aromatic carbocycles. The zero-order chi connectivity index (χ0) is 15.1. The Bertz CT molecular complexity index is 527. The lowest BCUT2D eigenvalue weighted by molar-refractivity contribution is 0.201. The smallest absolute Gasteiger partial charge is 0.123 e. The topological polar surface area (TPSA) is 24.5 Å². The first kappa shape index (κ1) is 16.0. The van der Waals surface area contributed by atoms with Gasteiger partial charge in [-0.2, -0.15) is 0 Å². The minimum Gasteiger partial charge on any atom is -0.492 e. The Labute approximate surface area is 131 Å². The SMILES string of the molecule is CNCc1ccccc1OCCN(C)C(C)c1cccs1. The summed E-state index contributed by atoms with van der Waals surface area (Å²) in [7, 11) is 4.10. The first-order chi connectivity index (χ1) is 10.2. The van der Waals surface area contributed by atoms with Gasteiger partial charge in [0, 0.05) is 29.6 Å². The maximum absolute atomic E-state index is 5.95. The summed E-state index contributed by atoms with van der Waals surface area (Å²) in [4.78, 5) is 3.72. The lowest BCUT2D eigenvalue weighted by Gasteiger charge is -2.24. The molecule has 1 heterocycles. The van der Waals surface area contributed by atoms with E-state index in [1.54, 1.807) is 0 Å². The Kier molecular flexibility index (Phi) is 6.23. The molecule has 0 spiro atoms. The Hall–Kier alpha value is -1.36. The molecule has 1 aromatic heterocycles. The second-order valence-electron chi connectivity index (χ2n) is 5.16. The Morgan fingerprint density at radius 3 is 2.76 bits per heavy atom. The molecule has 0 aliphatic heterocycles. The Morgan fingerprint density at radius 1 is 1.24 bits per heavy atom. The zero-order valence-corrected chi connectivity index (χ0v) is 13.8. The first-order valence-corrected chi connectivity index (χ1v) is 8.19. The minimum absolute atomic E-state index is 0.432. The van der Waals surface area contributed by atoms with Gasteiger partial charge in [0.1, 0.15) is 12.4 Å². The van der Waals surface area contributed by atoms with Crippen molar-refractivity contribution in [2.75, 3.05) is 27.2 Å². The fourth-order valence-electron chi connectivity index (χ4n) is 2.22. The van der Waals surface area contributed by atoms with Crippen LogP contribution in [0.5, 0.6) is 5.75 Å². The van der Waals surface area contributed by atoms with Crippen LogP contribution in [0.3, 0.4) is 0 Å². The van der Waals surface area contributed by atoms with E-state index in [2.05, 4.69) is 47.8 Å². The molecular weight excluding hydrogens is 280 g/mol. The molecule has 0 amide bonds. The van der Waals surface area contributed by atoms with Gasteiger partial charge in [0.2, 0.25) is 0 Å². The summed E-state index contributed by atoms with van der Waals surface area (Å²) in [6.07, 6.45) is 0. The van der Waals surface area contributed by atoms with Crippen LogP contribution in [0.2, 0.25) is 0 Å². The molecule has 0 aliphatic rings. The third kappa shape index (κ3) is 4.56. The van der Waals surface area contributed by atoms with E-state index in [0.29, 0.717) is 12.6 Å². The van der Waals surface area contributed by atoms with E-state index in [9.17, 15) is 0 Å². The van der Waals surface area contributed by atoms with Gasteiger partial charge < -0.3 is 10.1 Å². The highest BCUT2D eigenvalue weighted by Gasteiger charge is 2.12. The van der Waals surface area contributed by atoms with Gasteiger partial charge in [-0.3, -0.25) is 4.90 Å². The van der Waals surface area contributed by atoms with Crippen molar-refractivity contribution in [1.29, 1.82) is 0 Å². The lowest BCUT2D eigenvalue weighted by atomic mass is 10.2. The number of likely N-dealkylation sites (N-methyl/N-ethyl adjacent to an activating group) is 1. The van der Waals surface area contributed by atoms with Crippen molar-refractivity contribution in [2.45, 2.75) is 19.5 Å². The molecule has 0 saturated heterocycles. The molecule has 2 rings (SSSR count). The van der Waals surface area contributed by atoms with E-state index in [1.165, 1.54) is 10.4 Å². The van der Waals surface area contributed by atoms with Crippen molar-refractivity contribution < 1.29 is 4.74 Å². The molecule has 0 bridgehead atoms. The van der Waals surface area contributed by atoms with E-state index in [4.69, 9.17) is 4.74 Å². The summed E-state index contributed by atoms with van der Waals surface area (Å²) in [5.74, 6) is 0.976. The molecule has 0 fully saturated rings. The molecule has 21 heavy (non-hydrogen) atoms. The number of hydrogen-bond acceptors (Lipinski definition) is 4. The fourth-order valence-corrected chi connectivity index (χ4v) is 3.07. The van der Waals surface area contributed by atoms with Gasteiger partial charge in [0.15, 0.2) is 0 Å². The van der Waals surface area contributed by atoms with Gasteiger partial charge >= 0.3 is 0 Å². The third-order valence-electron chi connectivity index (χ3n) is 3.66. The van der Waals surface area contributed by atoms with Crippen molar-refractivity contribution in [3.05, 3.63) is 52.2 Å². The Morgan fingerprint density at radius 2 is 2.05 bits per heavy atom. The van der Waals surface area contributed by atoms with Crippen LogP contribution in [0.1, 0.15) is 23.4 Å². The van der Waals surface area contributed by atoms with Gasteiger partial charge in [-0.05, 0) is 38.5 Å². The van der Waals surface area contributed by atoms with Crippen LogP contribution < -0.4 is 10.1 Å². The predicted octanol–water partition coefficient (Wildman–Crippen LogP) is 3.54. The molecule has 4 heteroatoms. The number of nitrogens with one attached hydrogen (secondary N) is 1. The van der Waals surface area contributed by atoms with Crippen molar-refractivity contribution in [3.63, 3.8) is 0 Å². The van der Waals surface area contributed by atoms with Crippen LogP contribution in [-0.2, 0) is 6.54 Å². The van der Waals surface area contributed by atoms with Gasteiger partial charge in [-0.15, -0.1) is 11.3 Å². The summed E-state index contributed by atoms with van der Waals surface area (Å²) in [6.45, 7) is 4.68. The highest BCUT2D eigenvalue weighted by atomic mass is 32.1. The van der Waals surface area contributed by atoms with Gasteiger partial charge in [0.25, 0.3) is 0 Å². The van der Waals surface area contributed by atoms with E-state index in [1.807, 2.05) is 36.6 Å². The summed E-state index contributed by atoms with van der Waals surface area (Å²) in [6, 6.07) is 12.9. The van der Waals surface area contributed by atoms with Crippen LogP contribution in [0.25, 0.3) is 0 Å². The Balaban J connectivity index is 1.84. The number of nitrogens with zero attached hydrogens (tertiary/aromatic N) is 1. The van der Waals surface area contributed by atoms with Crippen molar-refractivity contribution in [1.82, 2.24) is 10.2 Å². The lowest BCUT2D eigenvalue weighted by Crippen LogP contribution is -2.27. The number of benzene rings is 1. The number of para-hydroxylation sites is 1. The second kappa shape index (κ2) is 8.17. The van der Waals surface area contributed by atoms with Crippen molar-refractivity contribution in [2.24, 2.45) is 0 Å². The largest absolute Gasteiger partial charge is 0.492 e. The number of thiophene rings is 1. The number of hydrogen-bond donors (Lipinski definition) is 1. The molecule has 0 saturated carbocycles. The van der Waals surface area contributed by atoms with Crippen LogP contribution >= 0.6 is 11.3 Å². The summed E-state index contributed by atoms with van der Waals surface area (Å²) < 4.78 is 5.95. The number of ether oxygens (including phenoxy) is 1. The molecule has 114 valence electrons. The fraction of sp³-hybridized carbons (Fsp3) is 0.412. The maximum atomic E-state index is 5.95. The zero-order valence-electron chi connectivity index (χ0n) is 13.0. The monoisotopic (exact) mass is 304 g/mol. The molecule has 1 atom stereocenters. The van der Waals surface area contributed by atoms with Crippen LogP contribution in [0.4, 0.5) is 0 Å². The molecule has 0 radical (unpaired) electrons. The van der Waals surface area contributed by atoms with E-state index in [0.717, 1.165) is 18.8 Å². The summed E-state index contributed by atoms with van der Waals surface area (Å²) in [5.41, 5.74) is 1.20. The van der Waals surface area contributed by atoms with Gasteiger partial charge in [-0.1, -0.05) is 24.3 Å². The highest BCUT2D eigenvalue weighted by molar-refractivity contribution is 7.10. The normalized spacial score (nSPS) is 12.6. The minimum atomic E-state index is 0.432. The summed E-state index contributed by atoms with van der Waals surface area (Å²) >= 11 is 1.81. The second-order valence-corrected chi connectivity index (χ2v) is 6.14. The highest BCUT2D eigenvalue weighted by Crippen LogP contribution is 2.23. The molecule has 0 aliphatic carbocycles. The molecule has 2 aromatic rings. The third-order valence-corrected chi connectivity index (χ3v) is 4.70. The van der Waals surface area contributed by atoms with E-state index in [-0.39, 0.29) is 0 Å².